The molecule has 4 aromatic rings. The molecule has 0 atom stereocenters. The van der Waals surface area contributed by atoms with Crippen molar-refractivity contribution in [1.82, 2.24) is 19.7 Å². The van der Waals surface area contributed by atoms with Gasteiger partial charge in [0.1, 0.15) is 5.82 Å². The maximum absolute atomic E-state index is 12.5. The van der Waals surface area contributed by atoms with Gasteiger partial charge in [0.05, 0.1) is 27.6 Å². The first-order chi connectivity index (χ1) is 17.4. The molecule has 0 aliphatic carbocycles. The summed E-state index contributed by atoms with van der Waals surface area (Å²) < 4.78 is 26.6. The molecule has 37 heavy (non-hydrogen) atoms. The van der Waals surface area contributed by atoms with Crippen molar-refractivity contribution in [1.29, 1.82) is 0 Å². The number of nitrogens with two attached hydrogens (primary N) is 1. The maximum atomic E-state index is 12.5. The van der Waals surface area contributed by atoms with E-state index >= 15 is 0 Å². The zero-order valence-corrected chi connectivity index (χ0v) is 21.7. The quantitative estimate of drug-likeness (QED) is 0.346. The van der Waals surface area contributed by atoms with Gasteiger partial charge in [-0.25, -0.2) is 18.1 Å². The smallest absolute Gasteiger partial charge is 0.288 e. The van der Waals surface area contributed by atoms with Crippen molar-refractivity contribution in [3.63, 3.8) is 0 Å². The van der Waals surface area contributed by atoms with Crippen LogP contribution in [0.15, 0.2) is 71.8 Å². The number of sulfone groups is 1. The first-order valence-corrected chi connectivity index (χ1v) is 13.4. The third kappa shape index (κ3) is 6.46. The molecule has 0 saturated heterocycles. The van der Waals surface area contributed by atoms with Gasteiger partial charge < -0.3 is 10.8 Å². The average Bonchev–Trinajstić information content (AvgIpc) is 3.25. The summed E-state index contributed by atoms with van der Waals surface area (Å²) in [5.74, 6) is -0.246. The van der Waals surface area contributed by atoms with Gasteiger partial charge in [0.15, 0.2) is 9.84 Å². The molecular weight excluding hydrogens is 490 g/mol. The number of benzene rings is 2. The minimum absolute atomic E-state index is 0.0156. The van der Waals surface area contributed by atoms with E-state index in [0.29, 0.717) is 11.5 Å². The molecular formula is C27H29N5O4S. The van der Waals surface area contributed by atoms with Gasteiger partial charge in [-0.05, 0) is 69.0 Å². The van der Waals surface area contributed by atoms with Crippen molar-refractivity contribution in [2.75, 3.05) is 5.75 Å². The van der Waals surface area contributed by atoms with Crippen molar-refractivity contribution < 1.29 is 18.3 Å². The molecule has 0 fully saturated rings. The lowest BCUT2D eigenvalue weighted by Gasteiger charge is -2.16. The molecule has 1 amide bonds. The van der Waals surface area contributed by atoms with Gasteiger partial charge >= 0.3 is 0 Å². The Morgan fingerprint density at radius 3 is 2.14 bits per heavy atom. The number of aliphatic hydroxyl groups is 1. The third-order valence-electron chi connectivity index (χ3n) is 5.91. The highest BCUT2D eigenvalue weighted by molar-refractivity contribution is 7.91. The van der Waals surface area contributed by atoms with Crippen molar-refractivity contribution >= 4 is 15.7 Å². The van der Waals surface area contributed by atoms with Crippen molar-refractivity contribution in [2.45, 2.75) is 44.1 Å². The molecule has 0 bridgehead atoms. The van der Waals surface area contributed by atoms with Gasteiger partial charge in [-0.2, -0.15) is 0 Å². The minimum Gasteiger partial charge on any atom is -0.390 e. The van der Waals surface area contributed by atoms with Gasteiger partial charge in [-0.3, -0.25) is 9.78 Å². The second-order valence-electron chi connectivity index (χ2n) is 9.56. The summed E-state index contributed by atoms with van der Waals surface area (Å²) in [6, 6.07) is 19.0. The maximum Gasteiger partial charge on any atom is 0.288 e. The highest BCUT2D eigenvalue weighted by Gasteiger charge is 2.21. The minimum atomic E-state index is -3.51. The van der Waals surface area contributed by atoms with Crippen LogP contribution in [-0.4, -0.2) is 50.5 Å². The van der Waals surface area contributed by atoms with Gasteiger partial charge in [-0.1, -0.05) is 36.4 Å². The topological polar surface area (TPSA) is 141 Å². The number of aromatic nitrogens is 4. The van der Waals surface area contributed by atoms with E-state index in [4.69, 9.17) is 5.73 Å². The number of rotatable bonds is 9. The Kier molecular flexibility index (Phi) is 7.24. The van der Waals surface area contributed by atoms with Crippen LogP contribution in [0.3, 0.4) is 0 Å². The van der Waals surface area contributed by atoms with E-state index in [1.54, 1.807) is 37.6 Å². The third-order valence-corrected chi connectivity index (χ3v) is 7.61. The van der Waals surface area contributed by atoms with Crippen molar-refractivity contribution in [3.8, 4) is 16.9 Å². The number of carbonyl (C=O) groups is 1. The predicted octanol–water partition coefficient (Wildman–Crippen LogP) is 3.26. The van der Waals surface area contributed by atoms with Crippen LogP contribution in [-0.2, 0) is 16.3 Å². The Bertz CT molecular complexity index is 1500. The fourth-order valence-electron chi connectivity index (χ4n) is 3.76. The lowest BCUT2D eigenvalue weighted by atomic mass is 10.0. The van der Waals surface area contributed by atoms with E-state index in [-0.39, 0.29) is 22.9 Å². The van der Waals surface area contributed by atoms with E-state index in [9.17, 15) is 18.3 Å². The molecule has 2 aromatic carbocycles. The standard InChI is InChI=1S/C27H29N5O4S/c1-18-30-26(25(28)33)31-32(18)22-10-6-20(7-11-22)16-19-4-8-21(9-5-19)24-13-12-23(17-29-24)37(35,36)15-14-27(2,3)34/h4-13,17,34H,14-16H2,1-3H3,(H2,28,33). The normalized spacial score (nSPS) is 12.0. The Morgan fingerprint density at radius 2 is 1.62 bits per heavy atom. The van der Waals surface area contributed by atoms with Crippen molar-refractivity contribution in [2.24, 2.45) is 5.73 Å². The number of hydrogen-bond donors (Lipinski definition) is 2. The van der Waals surface area contributed by atoms with Crippen LogP contribution in [0.1, 0.15) is 47.8 Å². The van der Waals surface area contributed by atoms with E-state index in [1.165, 1.54) is 6.20 Å². The van der Waals surface area contributed by atoms with Crippen LogP contribution < -0.4 is 5.73 Å². The molecule has 10 heteroatoms. The van der Waals surface area contributed by atoms with E-state index < -0.39 is 21.3 Å². The summed E-state index contributed by atoms with van der Waals surface area (Å²) in [7, 11) is -3.51. The second-order valence-corrected chi connectivity index (χ2v) is 11.7. The number of amides is 1. The molecule has 4 rings (SSSR count). The highest BCUT2D eigenvalue weighted by Crippen LogP contribution is 2.22. The van der Waals surface area contributed by atoms with Crippen LogP contribution in [0.25, 0.3) is 16.9 Å². The lowest BCUT2D eigenvalue weighted by molar-refractivity contribution is 0.0772. The summed E-state index contributed by atoms with van der Waals surface area (Å²) in [6.07, 6.45) is 2.24. The Morgan fingerprint density at radius 1 is 1.00 bits per heavy atom. The molecule has 0 aliphatic rings. The molecule has 0 spiro atoms. The molecule has 9 nitrogen and oxygen atoms in total. The highest BCUT2D eigenvalue weighted by atomic mass is 32.2. The van der Waals surface area contributed by atoms with E-state index in [0.717, 1.165) is 28.8 Å². The number of carbonyl (C=O) groups excluding carboxylic acids is 1. The number of nitrogens with zero attached hydrogens (tertiary/aromatic N) is 4. The molecule has 0 unspecified atom stereocenters. The summed E-state index contributed by atoms with van der Waals surface area (Å²) in [4.78, 5) is 19.9. The van der Waals surface area contributed by atoms with Gasteiger partial charge in [-0.15, -0.1) is 5.10 Å². The number of aryl methyl sites for hydroxylation is 1. The second kappa shape index (κ2) is 10.2. The summed E-state index contributed by atoms with van der Waals surface area (Å²) in [5.41, 5.74) is 8.77. The fourth-order valence-corrected chi connectivity index (χ4v) is 5.25. The summed E-state index contributed by atoms with van der Waals surface area (Å²) >= 11 is 0. The van der Waals surface area contributed by atoms with Gasteiger partial charge in [0.25, 0.3) is 5.91 Å². The number of pyridine rings is 1. The molecule has 3 N–H and O–H groups in total. The molecule has 2 heterocycles. The Hall–Kier alpha value is -3.89. The molecule has 0 aliphatic heterocycles. The number of primary amides is 1. The zero-order valence-electron chi connectivity index (χ0n) is 20.9. The predicted molar refractivity (Wildman–Crippen MR) is 140 cm³/mol. The molecule has 0 saturated carbocycles. The van der Waals surface area contributed by atoms with Crippen LogP contribution >= 0.6 is 0 Å². The lowest BCUT2D eigenvalue weighted by Crippen LogP contribution is -2.23. The Balaban J connectivity index is 1.42. The monoisotopic (exact) mass is 519 g/mol. The largest absolute Gasteiger partial charge is 0.390 e. The van der Waals surface area contributed by atoms with Crippen LogP contribution in [0, 0.1) is 6.92 Å². The van der Waals surface area contributed by atoms with Crippen LogP contribution in [0.4, 0.5) is 0 Å². The molecule has 2 aromatic heterocycles. The molecule has 0 radical (unpaired) electrons. The summed E-state index contributed by atoms with van der Waals surface area (Å²) in [6.45, 7) is 4.93. The Labute approximate surface area is 215 Å². The van der Waals surface area contributed by atoms with Crippen LogP contribution in [0.5, 0.6) is 0 Å². The first kappa shape index (κ1) is 26.2. The molecule has 192 valence electrons. The number of hydrogen-bond acceptors (Lipinski definition) is 7. The average molecular weight is 520 g/mol. The SMILES string of the molecule is Cc1nc(C(N)=O)nn1-c1ccc(Cc2ccc(-c3ccc(S(=O)(=O)CCC(C)(C)O)cn3)cc2)cc1. The summed E-state index contributed by atoms with van der Waals surface area (Å²) in [5, 5.41) is 14.0. The van der Waals surface area contributed by atoms with E-state index in [1.807, 2.05) is 48.5 Å². The fraction of sp³-hybridized carbons (Fsp3) is 0.259. The first-order valence-electron chi connectivity index (χ1n) is 11.7. The van der Waals surface area contributed by atoms with Gasteiger partial charge in [0, 0.05) is 11.8 Å². The van der Waals surface area contributed by atoms with Crippen LogP contribution in [0.2, 0.25) is 0 Å². The van der Waals surface area contributed by atoms with Gasteiger partial charge in [0.2, 0.25) is 5.82 Å². The van der Waals surface area contributed by atoms with Crippen molar-refractivity contribution in [3.05, 3.63) is 89.6 Å². The van der Waals surface area contributed by atoms with E-state index in [2.05, 4.69) is 15.1 Å². The zero-order chi connectivity index (χ0) is 26.8.